The molecule has 1 aliphatic carbocycles. The molecule has 3 aromatic rings. The molecule has 2 unspecified atom stereocenters. The molecule has 0 spiro atoms. The van der Waals surface area contributed by atoms with Crippen molar-refractivity contribution in [3.63, 3.8) is 0 Å². The fourth-order valence-corrected chi connectivity index (χ4v) is 8.13. The van der Waals surface area contributed by atoms with Gasteiger partial charge in [0.05, 0.1) is 28.7 Å². The van der Waals surface area contributed by atoms with Gasteiger partial charge in [0.2, 0.25) is 11.8 Å². The van der Waals surface area contributed by atoms with Crippen LogP contribution in [-0.4, -0.2) is 48.1 Å². The van der Waals surface area contributed by atoms with Gasteiger partial charge in [-0.15, -0.1) is 23.1 Å². The number of hydrogen-bond acceptors (Lipinski definition) is 10. The Kier molecular flexibility index (Phi) is 9.88. The molecule has 2 aliphatic rings. The Morgan fingerprint density at radius 2 is 1.78 bits per heavy atom. The molecular weight excluding hydrogens is 627 g/mol. The van der Waals surface area contributed by atoms with E-state index in [-0.39, 0.29) is 35.8 Å². The molecular formula is C34H37N3O7S2. The van der Waals surface area contributed by atoms with Gasteiger partial charge < -0.3 is 20.5 Å². The lowest BCUT2D eigenvalue weighted by Gasteiger charge is -2.33. The van der Waals surface area contributed by atoms with Crippen molar-refractivity contribution in [1.82, 2.24) is 0 Å². The van der Waals surface area contributed by atoms with Gasteiger partial charge in [-0.25, -0.2) is 14.5 Å². The van der Waals surface area contributed by atoms with Gasteiger partial charge in [0, 0.05) is 21.9 Å². The Morgan fingerprint density at radius 1 is 1.04 bits per heavy atom. The van der Waals surface area contributed by atoms with E-state index in [4.69, 9.17) is 15.2 Å². The predicted octanol–water partition coefficient (Wildman–Crippen LogP) is 5.88. The minimum atomic E-state index is -0.750. The third kappa shape index (κ3) is 7.28. The van der Waals surface area contributed by atoms with E-state index in [1.54, 1.807) is 25.1 Å². The van der Waals surface area contributed by atoms with Gasteiger partial charge in [-0.05, 0) is 85.5 Å². The molecule has 0 saturated carbocycles. The van der Waals surface area contributed by atoms with E-state index in [1.165, 1.54) is 47.4 Å². The number of rotatable bonds is 9. The maximum Gasteiger partial charge on any atom is 0.341 e. The summed E-state index contributed by atoms with van der Waals surface area (Å²) in [5, 5.41) is 2.57. The van der Waals surface area contributed by atoms with Crippen LogP contribution in [0.3, 0.4) is 0 Å². The maximum atomic E-state index is 13.1. The maximum absolute atomic E-state index is 13.1. The third-order valence-electron chi connectivity index (χ3n) is 8.16. The van der Waals surface area contributed by atoms with E-state index in [9.17, 15) is 24.0 Å². The highest BCUT2D eigenvalue weighted by atomic mass is 32.2. The first-order valence-corrected chi connectivity index (χ1v) is 16.8. The summed E-state index contributed by atoms with van der Waals surface area (Å²) in [4.78, 5) is 67.3. The summed E-state index contributed by atoms with van der Waals surface area (Å²) in [6.45, 7) is 7.99. The zero-order valence-electron chi connectivity index (χ0n) is 26.2. The van der Waals surface area contributed by atoms with E-state index >= 15 is 0 Å². The van der Waals surface area contributed by atoms with Crippen LogP contribution in [-0.2, 0) is 36.7 Å². The number of hydrogen-bond donors (Lipinski definition) is 2. The van der Waals surface area contributed by atoms with Crippen LogP contribution in [0.1, 0.15) is 71.7 Å². The molecule has 1 aliphatic heterocycles. The molecule has 2 atom stereocenters. The quantitative estimate of drug-likeness (QED) is 0.163. The molecule has 5 rings (SSSR count). The fraction of sp³-hybridized carbons (Fsp3) is 0.382. The van der Waals surface area contributed by atoms with Gasteiger partial charge in [0.1, 0.15) is 5.00 Å². The highest BCUT2D eigenvalue weighted by Gasteiger charge is 2.40. The van der Waals surface area contributed by atoms with Crippen molar-refractivity contribution >= 4 is 69.1 Å². The molecule has 3 amide bonds. The van der Waals surface area contributed by atoms with Crippen LogP contribution < -0.4 is 16.0 Å². The summed E-state index contributed by atoms with van der Waals surface area (Å²) in [5.41, 5.74) is 8.29. The first kappa shape index (κ1) is 33.2. The summed E-state index contributed by atoms with van der Waals surface area (Å²) in [5.74, 6) is -2.06. The molecule has 10 nitrogen and oxygen atoms in total. The molecule has 46 heavy (non-hydrogen) atoms. The molecule has 2 aromatic carbocycles. The van der Waals surface area contributed by atoms with Crippen LogP contribution in [0.5, 0.6) is 0 Å². The average Bonchev–Trinajstić information content (AvgIpc) is 3.50. The van der Waals surface area contributed by atoms with Crippen molar-refractivity contribution in [2.24, 2.45) is 11.3 Å². The van der Waals surface area contributed by atoms with Crippen molar-refractivity contribution in [3.8, 4) is 0 Å². The topological polar surface area (TPSA) is 145 Å². The van der Waals surface area contributed by atoms with Gasteiger partial charge in [-0.3, -0.25) is 14.4 Å². The molecule has 1 aromatic heterocycles. The number of ether oxygens (including phenoxy) is 2. The number of carbonyl (C=O) groups is 5. The Labute approximate surface area is 276 Å². The molecule has 242 valence electrons. The number of benzene rings is 2. The standard InChI is InChI=1S/C34H37N3O7S2/c1-5-43-33(42)29-24-14-11-20(34(2,3)4)15-25(24)46-30(29)36-27(38)18-44-32(41)19-9-12-22(13-10-19)37-28(39)17-26(31(37)40)45-23-8-6-7-21(35)16-23/h6-10,12-13,16,20,26H,5,11,14-15,17-18,35H2,1-4H3,(H,36,38). The smallest absolute Gasteiger partial charge is 0.341 e. The Hall–Kier alpha value is -4.16. The highest BCUT2D eigenvalue weighted by Crippen LogP contribution is 2.44. The molecule has 12 heteroatoms. The first-order chi connectivity index (χ1) is 21.8. The minimum absolute atomic E-state index is 0.0412. The average molecular weight is 664 g/mol. The third-order valence-corrected chi connectivity index (χ3v) is 10.5. The summed E-state index contributed by atoms with van der Waals surface area (Å²) in [6, 6.07) is 13.0. The molecule has 1 fully saturated rings. The lowest BCUT2D eigenvalue weighted by molar-refractivity contribution is -0.121. The number of imide groups is 1. The van der Waals surface area contributed by atoms with Crippen LogP contribution in [0.2, 0.25) is 0 Å². The number of nitrogens with one attached hydrogen (secondary N) is 1. The van der Waals surface area contributed by atoms with E-state index in [0.717, 1.165) is 39.5 Å². The summed E-state index contributed by atoms with van der Waals surface area (Å²) < 4.78 is 10.6. The fourth-order valence-electron chi connectivity index (χ4n) is 5.68. The number of anilines is 3. The summed E-state index contributed by atoms with van der Waals surface area (Å²) in [6.07, 6.45) is 2.51. The Morgan fingerprint density at radius 3 is 2.46 bits per heavy atom. The van der Waals surface area contributed by atoms with Crippen molar-refractivity contribution in [2.75, 3.05) is 29.2 Å². The number of nitrogens with zero attached hydrogens (tertiary/aromatic N) is 1. The second kappa shape index (κ2) is 13.7. The normalized spacial score (nSPS) is 17.9. The molecule has 0 bridgehead atoms. The SMILES string of the molecule is CCOC(=O)c1c(NC(=O)COC(=O)c2ccc(N3C(=O)CC(Sc4cccc(N)c4)C3=O)cc2)sc2c1CCC(C(C)(C)C)C2. The van der Waals surface area contributed by atoms with Crippen molar-refractivity contribution in [1.29, 1.82) is 0 Å². The van der Waals surface area contributed by atoms with Crippen molar-refractivity contribution in [3.05, 3.63) is 70.1 Å². The van der Waals surface area contributed by atoms with Gasteiger partial charge in [0.25, 0.3) is 5.91 Å². The monoisotopic (exact) mass is 663 g/mol. The van der Waals surface area contributed by atoms with Crippen LogP contribution in [0.25, 0.3) is 0 Å². The van der Waals surface area contributed by atoms with E-state index in [2.05, 4.69) is 26.1 Å². The number of thiophene rings is 1. The van der Waals surface area contributed by atoms with Crippen molar-refractivity contribution in [2.45, 2.75) is 63.5 Å². The molecule has 3 N–H and O–H groups in total. The van der Waals surface area contributed by atoms with Crippen LogP contribution in [0.4, 0.5) is 16.4 Å². The second-order valence-corrected chi connectivity index (χ2v) is 14.7. The minimum Gasteiger partial charge on any atom is -0.462 e. The molecule has 2 heterocycles. The number of carbonyl (C=O) groups excluding carboxylic acids is 5. The van der Waals surface area contributed by atoms with Crippen LogP contribution in [0, 0.1) is 11.3 Å². The summed E-state index contributed by atoms with van der Waals surface area (Å²) >= 11 is 2.65. The van der Waals surface area contributed by atoms with E-state index in [0.29, 0.717) is 27.9 Å². The molecule has 0 radical (unpaired) electrons. The number of fused-ring (bicyclic) bond motifs is 1. The largest absolute Gasteiger partial charge is 0.462 e. The van der Waals surface area contributed by atoms with Crippen LogP contribution >= 0.6 is 23.1 Å². The van der Waals surface area contributed by atoms with E-state index < -0.39 is 29.7 Å². The van der Waals surface area contributed by atoms with E-state index in [1.807, 2.05) is 6.07 Å². The number of nitrogen functional groups attached to an aromatic ring is 1. The first-order valence-electron chi connectivity index (χ1n) is 15.1. The van der Waals surface area contributed by atoms with Gasteiger partial charge >= 0.3 is 11.9 Å². The highest BCUT2D eigenvalue weighted by molar-refractivity contribution is 8.00. The zero-order chi connectivity index (χ0) is 33.2. The predicted molar refractivity (Wildman–Crippen MR) is 178 cm³/mol. The number of esters is 2. The summed E-state index contributed by atoms with van der Waals surface area (Å²) in [7, 11) is 0. The number of nitrogens with two attached hydrogens (primary N) is 1. The number of amides is 3. The van der Waals surface area contributed by atoms with Gasteiger partial charge in [-0.2, -0.15) is 0 Å². The van der Waals surface area contributed by atoms with Gasteiger partial charge in [-0.1, -0.05) is 26.8 Å². The lowest BCUT2D eigenvalue weighted by Crippen LogP contribution is -2.31. The number of thioether (sulfide) groups is 1. The van der Waals surface area contributed by atoms with Crippen LogP contribution in [0.15, 0.2) is 53.4 Å². The Balaban J connectivity index is 1.20. The lowest BCUT2D eigenvalue weighted by atomic mass is 9.72. The van der Waals surface area contributed by atoms with Gasteiger partial charge in [0.15, 0.2) is 6.61 Å². The van der Waals surface area contributed by atoms with Crippen molar-refractivity contribution < 1.29 is 33.4 Å². The molecule has 1 saturated heterocycles. The Bertz CT molecular complexity index is 1680. The zero-order valence-corrected chi connectivity index (χ0v) is 27.8. The second-order valence-electron chi connectivity index (χ2n) is 12.4.